The van der Waals surface area contributed by atoms with Crippen molar-refractivity contribution in [3.63, 3.8) is 0 Å². The zero-order valence-corrected chi connectivity index (χ0v) is 27.3. The standard InChI is InChI=1S/C39H31NO4P2/c1-3-40-33-21-19-26(45(41)37-17-9-6-13-29(37)28-12-4-7-15-35(28)43-45)23-31(33)32-24-27(20-22-34(32)40)46(42)38-18-10-11-25(2)39(38)30-14-5-8-16-36(30)44-46/h4-10,12-25H,3,11H2,1-2H3. The number of aryl methyl sites for hydroxylation is 1. The fourth-order valence-corrected chi connectivity index (χ4v) is 12.3. The number of benzene rings is 5. The Morgan fingerprint density at radius 3 is 1.96 bits per heavy atom. The largest absolute Gasteiger partial charge is 0.436 e. The molecule has 5 nitrogen and oxygen atoms in total. The van der Waals surface area contributed by atoms with Crippen molar-refractivity contribution in [1.82, 2.24) is 4.57 Å². The van der Waals surface area contributed by atoms with Gasteiger partial charge in [-0.15, -0.1) is 0 Å². The second-order valence-corrected chi connectivity index (χ2v) is 16.8. The summed E-state index contributed by atoms with van der Waals surface area (Å²) in [5.41, 5.74) is 6.05. The first-order chi connectivity index (χ1) is 22.4. The topological polar surface area (TPSA) is 57.5 Å². The van der Waals surface area contributed by atoms with Crippen molar-refractivity contribution in [3.05, 3.63) is 132 Å². The maximum Gasteiger partial charge on any atom is 0.307 e. The van der Waals surface area contributed by atoms with E-state index in [9.17, 15) is 0 Å². The van der Waals surface area contributed by atoms with Crippen LogP contribution in [0.1, 0.15) is 25.8 Å². The van der Waals surface area contributed by atoms with E-state index in [1.807, 2.05) is 103 Å². The number of hydrogen-bond donors (Lipinski definition) is 0. The second kappa shape index (κ2) is 9.97. The summed E-state index contributed by atoms with van der Waals surface area (Å²) < 4.78 is 45.4. The minimum atomic E-state index is -3.49. The number of allylic oxidation sites excluding steroid dienone is 4. The first-order valence-corrected chi connectivity index (χ1v) is 19.0. The summed E-state index contributed by atoms with van der Waals surface area (Å²) >= 11 is 0. The summed E-state index contributed by atoms with van der Waals surface area (Å²) in [5.74, 6) is 1.51. The Labute approximate surface area is 267 Å². The predicted octanol–water partition coefficient (Wildman–Crippen LogP) is 9.41. The Bertz CT molecular complexity index is 2430. The van der Waals surface area contributed by atoms with E-state index in [1.54, 1.807) is 0 Å². The van der Waals surface area contributed by atoms with Gasteiger partial charge in [0.25, 0.3) is 0 Å². The molecular weight excluding hydrogens is 608 g/mol. The van der Waals surface area contributed by atoms with Crippen LogP contribution in [0.15, 0.2) is 127 Å². The molecule has 0 spiro atoms. The summed E-state index contributed by atoms with van der Waals surface area (Å²) in [6.07, 6.45) is 5.01. The molecule has 1 aliphatic carbocycles. The number of hydrogen-bond acceptors (Lipinski definition) is 4. The molecule has 0 radical (unpaired) electrons. The molecule has 46 heavy (non-hydrogen) atoms. The van der Waals surface area contributed by atoms with Gasteiger partial charge in [-0.3, -0.25) is 9.13 Å². The molecule has 226 valence electrons. The summed E-state index contributed by atoms with van der Waals surface area (Å²) in [7, 11) is -6.97. The molecule has 3 unspecified atom stereocenters. The van der Waals surface area contributed by atoms with E-state index in [0.29, 0.717) is 27.4 Å². The Morgan fingerprint density at radius 2 is 1.26 bits per heavy atom. The third-order valence-corrected chi connectivity index (χ3v) is 14.6. The maximum absolute atomic E-state index is 15.2. The summed E-state index contributed by atoms with van der Waals surface area (Å²) in [6, 6.07) is 35.6. The van der Waals surface area contributed by atoms with E-state index in [1.165, 1.54) is 0 Å². The van der Waals surface area contributed by atoms with Crippen LogP contribution in [0, 0.1) is 5.92 Å². The Morgan fingerprint density at radius 1 is 0.696 bits per heavy atom. The molecule has 5 aromatic carbocycles. The third kappa shape index (κ3) is 3.76. The zero-order valence-electron chi connectivity index (χ0n) is 25.5. The highest BCUT2D eigenvalue weighted by Gasteiger charge is 2.42. The first-order valence-electron chi connectivity index (χ1n) is 15.8. The smallest absolute Gasteiger partial charge is 0.307 e. The normalized spacial score (nSPS) is 22.9. The van der Waals surface area contributed by atoms with Crippen molar-refractivity contribution in [3.8, 4) is 22.6 Å². The van der Waals surface area contributed by atoms with Crippen LogP contribution in [0.3, 0.4) is 0 Å². The van der Waals surface area contributed by atoms with Crippen molar-refractivity contribution in [2.24, 2.45) is 5.92 Å². The lowest BCUT2D eigenvalue weighted by molar-refractivity contribution is 0.494. The van der Waals surface area contributed by atoms with Gasteiger partial charge in [-0.05, 0) is 85.0 Å². The zero-order chi connectivity index (χ0) is 31.2. The van der Waals surface area contributed by atoms with Crippen LogP contribution in [-0.4, -0.2) is 4.57 Å². The molecule has 1 aromatic heterocycles. The lowest BCUT2D eigenvalue weighted by atomic mass is 9.87. The molecule has 3 aliphatic rings. The van der Waals surface area contributed by atoms with Crippen LogP contribution >= 0.6 is 14.7 Å². The number of rotatable bonds is 3. The summed E-state index contributed by atoms with van der Waals surface area (Å²) in [5, 5.41) is 4.65. The molecule has 0 bridgehead atoms. The summed E-state index contributed by atoms with van der Waals surface area (Å²) in [4.78, 5) is 0. The van der Waals surface area contributed by atoms with Gasteiger partial charge >= 0.3 is 14.7 Å². The monoisotopic (exact) mass is 639 g/mol. The van der Waals surface area contributed by atoms with E-state index in [-0.39, 0.29) is 5.92 Å². The van der Waals surface area contributed by atoms with Crippen LogP contribution in [-0.2, 0) is 15.7 Å². The molecule has 0 saturated heterocycles. The highest BCUT2D eigenvalue weighted by atomic mass is 31.2. The van der Waals surface area contributed by atoms with Crippen molar-refractivity contribution in [2.75, 3.05) is 0 Å². The Kier molecular flexibility index (Phi) is 6.01. The summed E-state index contributed by atoms with van der Waals surface area (Å²) in [6.45, 7) is 5.06. The van der Waals surface area contributed by atoms with Crippen molar-refractivity contribution in [2.45, 2.75) is 26.8 Å². The van der Waals surface area contributed by atoms with Gasteiger partial charge in [-0.1, -0.05) is 73.7 Å². The van der Waals surface area contributed by atoms with Crippen molar-refractivity contribution < 1.29 is 18.2 Å². The molecule has 9 rings (SSSR count). The lowest BCUT2D eigenvalue weighted by Crippen LogP contribution is -2.25. The fraction of sp³-hybridized carbons (Fsp3) is 0.128. The molecule has 0 N–H and O–H groups in total. The van der Waals surface area contributed by atoms with E-state index < -0.39 is 14.7 Å². The molecule has 0 fully saturated rings. The number of nitrogens with zero attached hydrogens (tertiary/aromatic N) is 1. The van der Waals surface area contributed by atoms with Gasteiger partial charge in [-0.2, -0.15) is 0 Å². The van der Waals surface area contributed by atoms with Gasteiger partial charge in [0, 0.05) is 39.5 Å². The van der Waals surface area contributed by atoms with E-state index in [2.05, 4.69) is 36.6 Å². The van der Waals surface area contributed by atoms with E-state index in [0.717, 1.165) is 62.3 Å². The Balaban J connectivity index is 1.26. The molecule has 0 saturated carbocycles. The van der Waals surface area contributed by atoms with Crippen LogP contribution in [0.5, 0.6) is 11.5 Å². The molecule has 6 aromatic rings. The van der Waals surface area contributed by atoms with Crippen molar-refractivity contribution in [1.29, 1.82) is 0 Å². The molecular formula is C39H31NO4P2. The minimum absolute atomic E-state index is 0.229. The van der Waals surface area contributed by atoms with Crippen LogP contribution < -0.4 is 25.0 Å². The molecule has 3 heterocycles. The SMILES string of the molecule is CCn1c2ccc(P3(=O)Oc4ccccc4C4=C3C=CCC4C)cc2c2cc(P3(=O)Oc4ccccc4-c4ccccc43)ccc21. The number of para-hydroxylation sites is 2. The van der Waals surface area contributed by atoms with Gasteiger partial charge in [0.1, 0.15) is 11.5 Å². The van der Waals surface area contributed by atoms with Crippen molar-refractivity contribution >= 4 is 58.0 Å². The van der Waals surface area contributed by atoms with Gasteiger partial charge in [0.15, 0.2) is 0 Å². The lowest BCUT2D eigenvalue weighted by Gasteiger charge is -2.34. The van der Waals surface area contributed by atoms with Crippen LogP contribution in [0.25, 0.3) is 38.5 Å². The third-order valence-electron chi connectivity index (χ3n) is 9.71. The number of fused-ring (bicyclic) bond motifs is 8. The fourth-order valence-electron chi connectivity index (χ4n) is 7.55. The van der Waals surface area contributed by atoms with Gasteiger partial charge < -0.3 is 13.6 Å². The first kappa shape index (κ1) is 27.7. The molecule has 0 amide bonds. The van der Waals surface area contributed by atoms with Gasteiger partial charge in [-0.25, -0.2) is 0 Å². The quantitative estimate of drug-likeness (QED) is 0.181. The minimum Gasteiger partial charge on any atom is -0.436 e. The predicted molar refractivity (Wildman–Crippen MR) is 189 cm³/mol. The van der Waals surface area contributed by atoms with E-state index >= 15 is 9.13 Å². The average Bonchev–Trinajstić information content (AvgIpc) is 3.41. The van der Waals surface area contributed by atoms with Gasteiger partial charge in [0.05, 0.1) is 21.2 Å². The van der Waals surface area contributed by atoms with Gasteiger partial charge in [0.2, 0.25) is 0 Å². The van der Waals surface area contributed by atoms with Crippen LogP contribution in [0.4, 0.5) is 0 Å². The van der Waals surface area contributed by atoms with Crippen LogP contribution in [0.2, 0.25) is 0 Å². The molecule has 2 aliphatic heterocycles. The number of aromatic nitrogens is 1. The maximum atomic E-state index is 15.2. The Hall–Kier alpha value is -4.56. The molecule has 7 heteroatoms. The highest BCUT2D eigenvalue weighted by molar-refractivity contribution is 7.75. The second-order valence-electron chi connectivity index (χ2n) is 12.3. The van der Waals surface area contributed by atoms with E-state index in [4.69, 9.17) is 9.05 Å². The molecule has 3 atom stereocenters. The highest BCUT2D eigenvalue weighted by Crippen LogP contribution is 2.64. The average molecular weight is 640 g/mol.